The number of hydrogen-bond acceptors (Lipinski definition) is 4. The minimum atomic E-state index is -0.261. The van der Waals surface area contributed by atoms with E-state index in [4.69, 9.17) is 5.26 Å². The van der Waals surface area contributed by atoms with Crippen molar-refractivity contribution in [2.75, 3.05) is 25.1 Å². The van der Waals surface area contributed by atoms with Gasteiger partial charge in [0, 0.05) is 12.2 Å². The van der Waals surface area contributed by atoms with Crippen molar-refractivity contribution < 1.29 is 9.53 Å². The lowest BCUT2D eigenvalue weighted by molar-refractivity contribution is -0.138. The van der Waals surface area contributed by atoms with E-state index in [1.54, 1.807) is 12.1 Å². The maximum atomic E-state index is 11.3. The second-order valence-electron chi connectivity index (χ2n) is 3.66. The second-order valence-corrected chi connectivity index (χ2v) is 3.66. The van der Waals surface area contributed by atoms with E-state index in [2.05, 4.69) is 10.8 Å². The van der Waals surface area contributed by atoms with Crippen LogP contribution in [-0.2, 0) is 9.53 Å². The van der Waals surface area contributed by atoms with Gasteiger partial charge in [0.2, 0.25) is 0 Å². The molecule has 0 amide bonds. The zero-order chi connectivity index (χ0) is 12.7. The van der Waals surface area contributed by atoms with Gasteiger partial charge in [-0.1, -0.05) is 6.92 Å². The zero-order valence-corrected chi connectivity index (χ0v) is 10.1. The summed E-state index contributed by atoms with van der Waals surface area (Å²) in [5, 5.41) is 8.72. The van der Waals surface area contributed by atoms with Crippen molar-refractivity contribution in [3.05, 3.63) is 29.8 Å². The van der Waals surface area contributed by atoms with Crippen molar-refractivity contribution in [3.8, 4) is 6.07 Å². The van der Waals surface area contributed by atoms with Crippen LogP contribution in [0.5, 0.6) is 0 Å². The van der Waals surface area contributed by atoms with Crippen molar-refractivity contribution in [1.82, 2.24) is 0 Å². The molecule has 0 unspecified atom stereocenters. The van der Waals surface area contributed by atoms with Gasteiger partial charge in [0.15, 0.2) is 0 Å². The van der Waals surface area contributed by atoms with Gasteiger partial charge in [0.25, 0.3) is 0 Å². The van der Waals surface area contributed by atoms with Gasteiger partial charge in [-0.25, -0.2) is 0 Å². The molecule has 0 N–H and O–H groups in total. The van der Waals surface area contributed by atoms with Crippen LogP contribution in [0.1, 0.15) is 18.9 Å². The van der Waals surface area contributed by atoms with Gasteiger partial charge in [-0.3, -0.25) is 4.79 Å². The molecular weight excluding hydrogens is 216 g/mol. The molecule has 90 valence electrons. The highest BCUT2D eigenvalue weighted by atomic mass is 16.5. The SMILES string of the molecule is CCCN(CC(=O)OC)c1ccc(C#N)cc1. The van der Waals surface area contributed by atoms with Crippen LogP contribution in [0.3, 0.4) is 0 Å². The zero-order valence-electron chi connectivity index (χ0n) is 10.1. The molecule has 0 fully saturated rings. The summed E-state index contributed by atoms with van der Waals surface area (Å²) in [7, 11) is 1.38. The molecule has 0 spiro atoms. The Morgan fingerprint density at radius 3 is 2.53 bits per heavy atom. The number of nitriles is 1. The first-order valence-electron chi connectivity index (χ1n) is 5.53. The smallest absolute Gasteiger partial charge is 0.325 e. The average Bonchev–Trinajstić information content (AvgIpc) is 2.38. The van der Waals surface area contributed by atoms with Gasteiger partial charge in [-0.05, 0) is 30.7 Å². The molecule has 0 aromatic heterocycles. The first-order valence-corrected chi connectivity index (χ1v) is 5.53. The van der Waals surface area contributed by atoms with Crippen molar-refractivity contribution in [2.24, 2.45) is 0 Å². The van der Waals surface area contributed by atoms with Crippen LogP contribution in [-0.4, -0.2) is 26.2 Å². The second kappa shape index (κ2) is 6.54. The van der Waals surface area contributed by atoms with Gasteiger partial charge < -0.3 is 9.64 Å². The van der Waals surface area contributed by atoms with Crippen molar-refractivity contribution in [3.63, 3.8) is 0 Å². The lowest BCUT2D eigenvalue weighted by atomic mass is 10.2. The third-order valence-corrected chi connectivity index (χ3v) is 2.40. The molecule has 4 nitrogen and oxygen atoms in total. The fourth-order valence-electron chi connectivity index (χ4n) is 1.54. The van der Waals surface area contributed by atoms with Crippen LogP contribution in [0.15, 0.2) is 24.3 Å². The molecule has 0 saturated heterocycles. The topological polar surface area (TPSA) is 53.3 Å². The number of nitrogens with zero attached hydrogens (tertiary/aromatic N) is 2. The van der Waals surface area contributed by atoms with Crippen molar-refractivity contribution in [2.45, 2.75) is 13.3 Å². The molecule has 1 aromatic carbocycles. The summed E-state index contributed by atoms with van der Waals surface area (Å²) in [5.74, 6) is -0.261. The molecule has 0 bridgehead atoms. The number of anilines is 1. The van der Waals surface area contributed by atoms with Crippen LogP contribution in [0, 0.1) is 11.3 Å². The number of hydrogen-bond donors (Lipinski definition) is 0. The Kier molecular flexibility index (Phi) is 5.02. The molecule has 4 heteroatoms. The predicted molar refractivity (Wildman–Crippen MR) is 65.7 cm³/mol. The summed E-state index contributed by atoms with van der Waals surface area (Å²) < 4.78 is 4.66. The Hall–Kier alpha value is -2.02. The van der Waals surface area contributed by atoms with E-state index in [1.165, 1.54) is 7.11 Å². The van der Waals surface area contributed by atoms with Crippen LogP contribution in [0.2, 0.25) is 0 Å². The molecule has 0 aliphatic carbocycles. The molecule has 0 heterocycles. The van der Waals surface area contributed by atoms with E-state index >= 15 is 0 Å². The molecule has 0 radical (unpaired) electrons. The largest absolute Gasteiger partial charge is 0.468 e. The highest BCUT2D eigenvalue weighted by Crippen LogP contribution is 2.15. The van der Waals surface area contributed by atoms with E-state index in [9.17, 15) is 4.79 Å². The summed E-state index contributed by atoms with van der Waals surface area (Å²) in [4.78, 5) is 13.2. The Bertz CT molecular complexity index is 406. The summed E-state index contributed by atoms with van der Waals surface area (Å²) in [6.45, 7) is 3.06. The molecule has 0 aliphatic rings. The highest BCUT2D eigenvalue weighted by molar-refractivity contribution is 5.75. The predicted octanol–water partition coefficient (Wildman–Crippen LogP) is 1.95. The summed E-state index contributed by atoms with van der Waals surface area (Å²) >= 11 is 0. The summed E-state index contributed by atoms with van der Waals surface area (Å²) in [6, 6.07) is 9.25. The third kappa shape index (κ3) is 3.80. The monoisotopic (exact) mass is 232 g/mol. The fraction of sp³-hybridized carbons (Fsp3) is 0.385. The van der Waals surface area contributed by atoms with E-state index in [0.29, 0.717) is 5.56 Å². The number of methoxy groups -OCH3 is 1. The molecule has 17 heavy (non-hydrogen) atoms. The normalized spacial score (nSPS) is 9.47. The van der Waals surface area contributed by atoms with E-state index in [-0.39, 0.29) is 12.5 Å². The van der Waals surface area contributed by atoms with E-state index in [0.717, 1.165) is 18.7 Å². The maximum Gasteiger partial charge on any atom is 0.325 e. The Balaban J connectivity index is 2.81. The fourth-order valence-corrected chi connectivity index (χ4v) is 1.54. The summed E-state index contributed by atoms with van der Waals surface area (Å²) in [6.07, 6.45) is 0.941. The number of esters is 1. The lowest BCUT2D eigenvalue weighted by Gasteiger charge is -2.22. The number of carbonyl (C=O) groups excluding carboxylic acids is 1. The van der Waals surface area contributed by atoms with Crippen LogP contribution in [0.25, 0.3) is 0 Å². The quantitative estimate of drug-likeness (QED) is 0.728. The van der Waals surface area contributed by atoms with Gasteiger partial charge in [-0.2, -0.15) is 5.26 Å². The minimum absolute atomic E-state index is 0.232. The molecule has 0 saturated carbocycles. The molecule has 1 aromatic rings. The number of rotatable bonds is 5. The minimum Gasteiger partial charge on any atom is -0.468 e. The molecule has 0 atom stereocenters. The Labute approximate surface area is 101 Å². The third-order valence-electron chi connectivity index (χ3n) is 2.40. The van der Waals surface area contributed by atoms with Gasteiger partial charge in [0.05, 0.1) is 18.7 Å². The molecule has 0 aliphatic heterocycles. The Morgan fingerprint density at radius 1 is 1.41 bits per heavy atom. The van der Waals surface area contributed by atoms with Crippen LogP contribution in [0.4, 0.5) is 5.69 Å². The Morgan fingerprint density at radius 2 is 2.06 bits per heavy atom. The lowest BCUT2D eigenvalue weighted by Crippen LogP contribution is -2.31. The van der Waals surface area contributed by atoms with Gasteiger partial charge >= 0.3 is 5.97 Å². The summed E-state index contributed by atoms with van der Waals surface area (Å²) in [5.41, 5.74) is 1.54. The highest BCUT2D eigenvalue weighted by Gasteiger charge is 2.10. The van der Waals surface area contributed by atoms with Crippen molar-refractivity contribution >= 4 is 11.7 Å². The number of carbonyl (C=O) groups is 1. The molecular formula is C13H16N2O2. The van der Waals surface area contributed by atoms with Gasteiger partial charge in [-0.15, -0.1) is 0 Å². The average molecular weight is 232 g/mol. The first-order chi connectivity index (χ1) is 8.21. The van der Waals surface area contributed by atoms with E-state index in [1.807, 2.05) is 24.0 Å². The standard InChI is InChI=1S/C13H16N2O2/c1-3-8-15(10-13(16)17-2)12-6-4-11(9-14)5-7-12/h4-7H,3,8,10H2,1-2H3. The van der Waals surface area contributed by atoms with Gasteiger partial charge in [0.1, 0.15) is 6.54 Å². The number of ether oxygens (including phenoxy) is 1. The number of benzene rings is 1. The van der Waals surface area contributed by atoms with Crippen LogP contribution >= 0.6 is 0 Å². The van der Waals surface area contributed by atoms with Crippen LogP contribution < -0.4 is 4.90 Å². The van der Waals surface area contributed by atoms with E-state index < -0.39 is 0 Å². The maximum absolute atomic E-state index is 11.3. The molecule has 1 rings (SSSR count). The first kappa shape index (κ1) is 13.0. The van der Waals surface area contributed by atoms with Crippen molar-refractivity contribution in [1.29, 1.82) is 5.26 Å².